The number of rotatable bonds is 4. The van der Waals surface area contributed by atoms with E-state index in [0.717, 1.165) is 32.4 Å². The fourth-order valence-corrected chi connectivity index (χ4v) is 2.85. The number of carbonyl (C=O) groups is 1. The lowest BCUT2D eigenvalue weighted by Gasteiger charge is -2.42. The van der Waals surface area contributed by atoms with E-state index >= 15 is 0 Å². The highest BCUT2D eigenvalue weighted by Crippen LogP contribution is 2.38. The quantitative estimate of drug-likeness (QED) is 0.801. The third kappa shape index (κ3) is 2.80. The van der Waals surface area contributed by atoms with E-state index in [1.54, 1.807) is 7.11 Å². The molecule has 0 aromatic heterocycles. The number of piperidine rings is 1. The maximum absolute atomic E-state index is 12.2. The molecule has 0 aromatic rings. The SMILES string of the molecule is CNC1CCCN(C(=O)CC2(OC)CCC2)C1. The number of hydrogen-bond donors (Lipinski definition) is 1. The maximum Gasteiger partial charge on any atom is 0.225 e. The van der Waals surface area contributed by atoms with Gasteiger partial charge in [0.25, 0.3) is 0 Å². The van der Waals surface area contributed by atoms with E-state index < -0.39 is 0 Å². The van der Waals surface area contributed by atoms with Crippen LogP contribution >= 0.6 is 0 Å². The van der Waals surface area contributed by atoms with Gasteiger partial charge in [-0.3, -0.25) is 4.79 Å². The number of likely N-dealkylation sites (tertiary alicyclic amines) is 1. The summed E-state index contributed by atoms with van der Waals surface area (Å²) < 4.78 is 5.53. The fraction of sp³-hybridized carbons (Fsp3) is 0.923. The smallest absolute Gasteiger partial charge is 0.225 e. The molecule has 0 aromatic carbocycles. The van der Waals surface area contributed by atoms with Gasteiger partial charge in [-0.1, -0.05) is 0 Å². The summed E-state index contributed by atoms with van der Waals surface area (Å²) in [5.74, 6) is 0.270. The number of amides is 1. The molecule has 1 aliphatic heterocycles. The summed E-state index contributed by atoms with van der Waals surface area (Å²) in [6.07, 6.45) is 6.13. The second kappa shape index (κ2) is 5.36. The maximum atomic E-state index is 12.2. The van der Waals surface area contributed by atoms with Gasteiger partial charge in [0.1, 0.15) is 0 Å². The first-order valence-corrected chi connectivity index (χ1v) is 6.69. The fourth-order valence-electron chi connectivity index (χ4n) is 2.85. The Hall–Kier alpha value is -0.610. The van der Waals surface area contributed by atoms with Crippen LogP contribution in [0.5, 0.6) is 0 Å². The van der Waals surface area contributed by atoms with Crippen molar-refractivity contribution < 1.29 is 9.53 Å². The van der Waals surface area contributed by atoms with Gasteiger partial charge in [-0.2, -0.15) is 0 Å². The molecule has 0 radical (unpaired) electrons. The predicted molar refractivity (Wildman–Crippen MR) is 66.9 cm³/mol. The van der Waals surface area contributed by atoms with Gasteiger partial charge in [0.05, 0.1) is 12.0 Å². The second-order valence-electron chi connectivity index (χ2n) is 5.39. The van der Waals surface area contributed by atoms with Crippen LogP contribution in [0.15, 0.2) is 0 Å². The standard InChI is InChI=1S/C13H24N2O2/c1-14-11-5-3-8-15(10-11)12(16)9-13(17-2)6-4-7-13/h11,14H,3-10H2,1-2H3. The Labute approximate surface area is 104 Å². The number of likely N-dealkylation sites (N-methyl/N-ethyl adjacent to an activating group) is 1. The van der Waals surface area contributed by atoms with Crippen molar-refractivity contribution in [3.8, 4) is 0 Å². The highest BCUT2D eigenvalue weighted by molar-refractivity contribution is 5.77. The third-order valence-corrected chi connectivity index (χ3v) is 4.35. The van der Waals surface area contributed by atoms with Gasteiger partial charge in [0.15, 0.2) is 0 Å². The van der Waals surface area contributed by atoms with E-state index in [4.69, 9.17) is 4.74 Å². The Kier molecular flexibility index (Phi) is 4.05. The van der Waals surface area contributed by atoms with Crippen LogP contribution in [-0.4, -0.2) is 49.7 Å². The van der Waals surface area contributed by atoms with Crippen molar-refractivity contribution in [1.29, 1.82) is 0 Å². The van der Waals surface area contributed by atoms with Crippen molar-refractivity contribution in [3.63, 3.8) is 0 Å². The molecule has 1 heterocycles. The normalized spacial score (nSPS) is 27.6. The molecule has 1 atom stereocenters. The van der Waals surface area contributed by atoms with E-state index in [0.29, 0.717) is 12.5 Å². The molecule has 1 unspecified atom stereocenters. The van der Waals surface area contributed by atoms with Gasteiger partial charge in [0, 0.05) is 26.2 Å². The monoisotopic (exact) mass is 240 g/mol. The van der Waals surface area contributed by atoms with Crippen LogP contribution in [0.4, 0.5) is 0 Å². The highest BCUT2D eigenvalue weighted by atomic mass is 16.5. The zero-order valence-corrected chi connectivity index (χ0v) is 11.0. The number of nitrogens with zero attached hydrogens (tertiary/aromatic N) is 1. The Bertz CT molecular complexity index is 271. The van der Waals surface area contributed by atoms with E-state index in [1.807, 2.05) is 11.9 Å². The van der Waals surface area contributed by atoms with Crippen molar-refractivity contribution in [2.24, 2.45) is 0 Å². The largest absolute Gasteiger partial charge is 0.378 e. The lowest BCUT2D eigenvalue weighted by Crippen LogP contribution is -2.50. The van der Waals surface area contributed by atoms with Gasteiger partial charge in [-0.15, -0.1) is 0 Å². The molecule has 17 heavy (non-hydrogen) atoms. The summed E-state index contributed by atoms with van der Waals surface area (Å²) in [5.41, 5.74) is -0.135. The van der Waals surface area contributed by atoms with Gasteiger partial charge in [-0.25, -0.2) is 0 Å². The molecular formula is C13H24N2O2. The minimum atomic E-state index is -0.135. The molecule has 1 saturated carbocycles. The van der Waals surface area contributed by atoms with Crippen LogP contribution in [0.2, 0.25) is 0 Å². The molecule has 2 fully saturated rings. The molecule has 1 aliphatic carbocycles. The molecule has 4 nitrogen and oxygen atoms in total. The third-order valence-electron chi connectivity index (χ3n) is 4.35. The second-order valence-corrected chi connectivity index (χ2v) is 5.39. The number of methoxy groups -OCH3 is 1. The van der Waals surface area contributed by atoms with E-state index in [1.165, 1.54) is 12.8 Å². The molecule has 1 amide bonds. The zero-order valence-electron chi connectivity index (χ0n) is 11.0. The molecular weight excluding hydrogens is 216 g/mol. The lowest BCUT2D eigenvalue weighted by molar-refractivity contribution is -0.145. The van der Waals surface area contributed by atoms with Crippen LogP contribution in [0, 0.1) is 0 Å². The van der Waals surface area contributed by atoms with Crippen LogP contribution in [0.25, 0.3) is 0 Å². The average Bonchev–Trinajstić information content (AvgIpc) is 2.33. The summed E-state index contributed by atoms with van der Waals surface area (Å²) in [6, 6.07) is 0.465. The van der Waals surface area contributed by atoms with Crippen molar-refractivity contribution in [2.75, 3.05) is 27.2 Å². The molecule has 0 spiro atoms. The van der Waals surface area contributed by atoms with Gasteiger partial charge < -0.3 is 15.0 Å². The molecule has 1 N–H and O–H groups in total. The molecule has 4 heteroatoms. The molecule has 2 aliphatic rings. The van der Waals surface area contributed by atoms with Crippen molar-refractivity contribution in [2.45, 2.75) is 50.2 Å². The summed E-state index contributed by atoms with van der Waals surface area (Å²) in [6.45, 7) is 1.77. The summed E-state index contributed by atoms with van der Waals surface area (Å²) in [7, 11) is 3.71. The highest BCUT2D eigenvalue weighted by Gasteiger charge is 2.40. The van der Waals surface area contributed by atoms with Crippen LogP contribution < -0.4 is 5.32 Å². The summed E-state index contributed by atoms with van der Waals surface area (Å²) in [4.78, 5) is 14.2. The number of nitrogens with one attached hydrogen (secondary N) is 1. The Morgan fingerprint density at radius 3 is 2.76 bits per heavy atom. The lowest BCUT2D eigenvalue weighted by atomic mass is 9.77. The van der Waals surface area contributed by atoms with E-state index in [-0.39, 0.29) is 11.5 Å². The minimum absolute atomic E-state index is 0.135. The topological polar surface area (TPSA) is 41.6 Å². The van der Waals surface area contributed by atoms with E-state index in [9.17, 15) is 4.79 Å². The summed E-state index contributed by atoms with van der Waals surface area (Å²) in [5, 5.41) is 3.27. The summed E-state index contributed by atoms with van der Waals surface area (Å²) >= 11 is 0. The Morgan fingerprint density at radius 1 is 1.47 bits per heavy atom. The van der Waals surface area contributed by atoms with Crippen LogP contribution in [0.3, 0.4) is 0 Å². The van der Waals surface area contributed by atoms with E-state index in [2.05, 4.69) is 5.32 Å². The average molecular weight is 240 g/mol. The van der Waals surface area contributed by atoms with Crippen molar-refractivity contribution in [1.82, 2.24) is 10.2 Å². The predicted octanol–water partition coefficient (Wildman–Crippen LogP) is 1.16. The van der Waals surface area contributed by atoms with Crippen molar-refractivity contribution >= 4 is 5.91 Å². The molecule has 98 valence electrons. The van der Waals surface area contributed by atoms with Crippen molar-refractivity contribution in [3.05, 3.63) is 0 Å². The number of hydrogen-bond acceptors (Lipinski definition) is 3. The van der Waals surface area contributed by atoms with Gasteiger partial charge >= 0.3 is 0 Å². The van der Waals surface area contributed by atoms with Crippen LogP contribution in [-0.2, 0) is 9.53 Å². The minimum Gasteiger partial charge on any atom is -0.378 e. The first kappa shape index (κ1) is 12.8. The number of carbonyl (C=O) groups excluding carboxylic acids is 1. The molecule has 1 saturated heterocycles. The molecule has 2 rings (SSSR count). The first-order chi connectivity index (χ1) is 8.19. The van der Waals surface area contributed by atoms with Gasteiger partial charge in [0.2, 0.25) is 5.91 Å². The zero-order chi connectivity index (χ0) is 12.3. The Morgan fingerprint density at radius 2 is 2.24 bits per heavy atom. The van der Waals surface area contributed by atoms with Gasteiger partial charge in [-0.05, 0) is 39.2 Å². The first-order valence-electron chi connectivity index (χ1n) is 6.69. The Balaban J connectivity index is 1.86. The molecule has 0 bridgehead atoms. The number of ether oxygens (including phenoxy) is 1. The van der Waals surface area contributed by atoms with Crippen LogP contribution in [0.1, 0.15) is 38.5 Å².